The molecule has 1 aliphatic rings. The lowest BCUT2D eigenvalue weighted by Gasteiger charge is -2.35. The summed E-state index contributed by atoms with van der Waals surface area (Å²) < 4.78 is 13.2. The standard InChI is InChI=1S/C17H27BClFN2O2/c19-15-11-13(4-5-16(15)20)12-22-9-6-14(7-10-22)17(21)3-1-2-8-18(23)24/h4-5,11,14,17,23-24H,1-3,6-10,12,21H2. The molecule has 0 aromatic heterocycles. The van der Waals surface area contributed by atoms with E-state index in [0.717, 1.165) is 57.3 Å². The van der Waals surface area contributed by atoms with Gasteiger partial charge in [-0.2, -0.15) is 0 Å². The third kappa shape index (κ3) is 6.33. The van der Waals surface area contributed by atoms with E-state index in [4.69, 9.17) is 27.4 Å². The highest BCUT2D eigenvalue weighted by Crippen LogP contribution is 2.24. The van der Waals surface area contributed by atoms with Crippen LogP contribution in [0.2, 0.25) is 11.3 Å². The van der Waals surface area contributed by atoms with Gasteiger partial charge < -0.3 is 15.8 Å². The molecule has 1 heterocycles. The minimum Gasteiger partial charge on any atom is -0.427 e. The van der Waals surface area contributed by atoms with Gasteiger partial charge in [-0.25, -0.2) is 4.39 Å². The van der Waals surface area contributed by atoms with Crippen LogP contribution in [0.4, 0.5) is 4.39 Å². The maximum absolute atomic E-state index is 13.2. The molecule has 1 atom stereocenters. The van der Waals surface area contributed by atoms with E-state index in [1.807, 2.05) is 0 Å². The van der Waals surface area contributed by atoms with Crippen LogP contribution in [0.15, 0.2) is 18.2 Å². The van der Waals surface area contributed by atoms with E-state index in [1.165, 1.54) is 6.07 Å². The first-order chi connectivity index (χ1) is 11.5. The maximum atomic E-state index is 13.2. The van der Waals surface area contributed by atoms with Crippen LogP contribution in [0.1, 0.15) is 37.7 Å². The van der Waals surface area contributed by atoms with Crippen LogP contribution in [0.25, 0.3) is 0 Å². The first-order valence-corrected chi connectivity index (χ1v) is 9.11. The second-order valence-electron chi connectivity index (χ2n) is 6.79. The SMILES string of the molecule is NC(CCCCB(O)O)C1CCN(Cc2ccc(F)c(Cl)c2)CC1. The van der Waals surface area contributed by atoms with E-state index in [9.17, 15) is 4.39 Å². The zero-order chi connectivity index (χ0) is 17.5. The van der Waals surface area contributed by atoms with Crippen molar-refractivity contribution >= 4 is 18.7 Å². The van der Waals surface area contributed by atoms with Crippen molar-refractivity contribution in [3.63, 3.8) is 0 Å². The van der Waals surface area contributed by atoms with Crippen LogP contribution in [0.5, 0.6) is 0 Å². The summed E-state index contributed by atoms with van der Waals surface area (Å²) in [5, 5.41) is 17.9. The largest absolute Gasteiger partial charge is 0.451 e. The molecular weight excluding hydrogens is 329 g/mol. The van der Waals surface area contributed by atoms with Gasteiger partial charge in [0.2, 0.25) is 0 Å². The third-order valence-electron chi connectivity index (χ3n) is 4.88. The van der Waals surface area contributed by atoms with Gasteiger partial charge in [-0.3, -0.25) is 4.90 Å². The fourth-order valence-electron chi connectivity index (χ4n) is 3.38. The van der Waals surface area contributed by atoms with E-state index < -0.39 is 7.12 Å². The van der Waals surface area contributed by atoms with Crippen LogP contribution in [-0.2, 0) is 6.54 Å². The summed E-state index contributed by atoms with van der Waals surface area (Å²) in [4.78, 5) is 2.36. The van der Waals surface area contributed by atoms with Crippen LogP contribution >= 0.6 is 11.6 Å². The van der Waals surface area contributed by atoms with Gasteiger partial charge >= 0.3 is 7.12 Å². The lowest BCUT2D eigenvalue weighted by molar-refractivity contribution is 0.159. The van der Waals surface area contributed by atoms with E-state index in [2.05, 4.69) is 4.90 Å². The van der Waals surface area contributed by atoms with E-state index >= 15 is 0 Å². The van der Waals surface area contributed by atoms with Crippen molar-refractivity contribution in [2.45, 2.75) is 51.0 Å². The van der Waals surface area contributed by atoms with Crippen molar-refractivity contribution < 1.29 is 14.4 Å². The minimum atomic E-state index is -1.20. The number of nitrogens with two attached hydrogens (primary N) is 1. The van der Waals surface area contributed by atoms with Gasteiger partial charge in [0, 0.05) is 12.6 Å². The second kappa shape index (κ2) is 9.73. The molecule has 0 radical (unpaired) electrons. The molecule has 0 bridgehead atoms. The van der Waals surface area contributed by atoms with Crippen LogP contribution < -0.4 is 5.73 Å². The van der Waals surface area contributed by atoms with Crippen molar-refractivity contribution in [3.8, 4) is 0 Å². The first kappa shape index (κ1) is 19.7. The van der Waals surface area contributed by atoms with Crippen LogP contribution in [-0.4, -0.2) is 41.2 Å². The number of benzene rings is 1. The smallest absolute Gasteiger partial charge is 0.427 e. The Balaban J connectivity index is 1.69. The van der Waals surface area contributed by atoms with Gasteiger partial charge in [0.25, 0.3) is 0 Å². The Morgan fingerprint density at radius 3 is 2.62 bits per heavy atom. The Kier molecular flexibility index (Phi) is 7.97. The molecule has 1 aliphatic heterocycles. The molecule has 0 spiro atoms. The van der Waals surface area contributed by atoms with Crippen molar-refractivity contribution in [1.29, 1.82) is 0 Å². The second-order valence-corrected chi connectivity index (χ2v) is 7.20. The average Bonchev–Trinajstić information content (AvgIpc) is 2.55. The molecular formula is C17H27BClFN2O2. The molecule has 1 saturated heterocycles. The molecule has 2 rings (SSSR count). The molecule has 1 fully saturated rings. The monoisotopic (exact) mass is 356 g/mol. The fourth-order valence-corrected chi connectivity index (χ4v) is 3.58. The molecule has 24 heavy (non-hydrogen) atoms. The van der Waals surface area contributed by atoms with E-state index in [1.54, 1.807) is 12.1 Å². The van der Waals surface area contributed by atoms with Crippen molar-refractivity contribution in [1.82, 2.24) is 4.90 Å². The predicted octanol–water partition coefficient (Wildman–Crippen LogP) is 2.66. The lowest BCUT2D eigenvalue weighted by atomic mass is 9.82. The minimum absolute atomic E-state index is 0.178. The van der Waals surface area contributed by atoms with Gasteiger partial charge in [-0.15, -0.1) is 0 Å². The van der Waals surface area contributed by atoms with Gasteiger partial charge in [0.05, 0.1) is 5.02 Å². The molecule has 1 aromatic rings. The van der Waals surface area contributed by atoms with Gasteiger partial charge in [-0.1, -0.05) is 30.5 Å². The number of unbranched alkanes of at least 4 members (excludes halogenated alkanes) is 1. The molecule has 0 aliphatic carbocycles. The molecule has 4 N–H and O–H groups in total. The average molecular weight is 357 g/mol. The number of halogens is 2. The van der Waals surface area contributed by atoms with Crippen molar-refractivity contribution in [2.75, 3.05) is 13.1 Å². The Morgan fingerprint density at radius 2 is 2.00 bits per heavy atom. The highest BCUT2D eigenvalue weighted by atomic mass is 35.5. The van der Waals surface area contributed by atoms with Gasteiger partial charge in [-0.05, 0) is 62.3 Å². The van der Waals surface area contributed by atoms with E-state index in [0.29, 0.717) is 12.2 Å². The Hall–Kier alpha value is -0.655. The Morgan fingerprint density at radius 1 is 1.29 bits per heavy atom. The van der Waals surface area contributed by atoms with Gasteiger partial charge in [0.1, 0.15) is 5.82 Å². The number of likely N-dealkylation sites (tertiary alicyclic amines) is 1. The molecule has 1 unspecified atom stereocenters. The highest BCUT2D eigenvalue weighted by molar-refractivity contribution is 6.40. The molecule has 1 aromatic carbocycles. The number of rotatable bonds is 8. The number of piperidine rings is 1. The summed E-state index contributed by atoms with van der Waals surface area (Å²) in [5.41, 5.74) is 7.33. The number of nitrogens with zero attached hydrogens (tertiary/aromatic N) is 1. The number of hydrogen-bond donors (Lipinski definition) is 3. The molecule has 0 saturated carbocycles. The molecule has 134 valence electrons. The molecule has 4 nitrogen and oxygen atoms in total. The maximum Gasteiger partial charge on any atom is 0.451 e. The normalized spacial score (nSPS) is 17.9. The Bertz CT molecular complexity index is 513. The quantitative estimate of drug-likeness (QED) is 0.495. The summed E-state index contributed by atoms with van der Waals surface area (Å²) in [6, 6.07) is 5.09. The van der Waals surface area contributed by atoms with Crippen molar-refractivity contribution in [2.24, 2.45) is 11.7 Å². The summed E-state index contributed by atoms with van der Waals surface area (Å²) in [6.45, 7) is 2.77. The Labute approximate surface area is 148 Å². The van der Waals surface area contributed by atoms with Crippen LogP contribution in [0.3, 0.4) is 0 Å². The fraction of sp³-hybridized carbons (Fsp3) is 0.647. The highest BCUT2D eigenvalue weighted by Gasteiger charge is 2.24. The third-order valence-corrected chi connectivity index (χ3v) is 5.17. The summed E-state index contributed by atoms with van der Waals surface area (Å²) >= 11 is 5.83. The zero-order valence-electron chi connectivity index (χ0n) is 14.0. The predicted molar refractivity (Wildman–Crippen MR) is 96.2 cm³/mol. The van der Waals surface area contributed by atoms with Crippen LogP contribution in [0, 0.1) is 11.7 Å². The molecule has 7 heteroatoms. The summed E-state index contributed by atoms with van der Waals surface area (Å²) in [5.74, 6) is 0.149. The zero-order valence-corrected chi connectivity index (χ0v) is 14.8. The van der Waals surface area contributed by atoms with E-state index in [-0.39, 0.29) is 16.9 Å². The topological polar surface area (TPSA) is 69.7 Å². The molecule has 0 amide bonds. The first-order valence-electron chi connectivity index (χ1n) is 8.73. The van der Waals surface area contributed by atoms with Gasteiger partial charge in [0.15, 0.2) is 0 Å². The van der Waals surface area contributed by atoms with Crippen molar-refractivity contribution in [3.05, 3.63) is 34.6 Å². The number of hydrogen-bond acceptors (Lipinski definition) is 4. The summed E-state index contributed by atoms with van der Waals surface area (Å²) in [6.07, 6.45) is 5.23. The lowest BCUT2D eigenvalue weighted by Crippen LogP contribution is -2.40. The summed E-state index contributed by atoms with van der Waals surface area (Å²) in [7, 11) is -1.20.